The standard InChI is InChI=1S/C11H24O3.2C10H22O3.C9H20O3.C8H18O3/c1-3-5-7-13-9-11-14-10-8-12-6-4-2;1-4-5-11-6-7-12-8-9-13-10(2)3;1-3-5-11-7-9-13-10-8-12-6-4-2;1-3-5-11-8-9-12-7-6-10-4-2;1-3-4-10-7-8-11-6-5-9-2/h3-11H2,1-2H3;10H,4-9H2,1-3H3;3-10H2,1-2H3;3-9H2,1-2H3;3-8H2,1-2H3. The Labute approximate surface area is 389 Å². The predicted molar refractivity (Wildman–Crippen MR) is 256 cm³/mol. The Morgan fingerprint density at radius 3 is 0.683 bits per heavy atom. The van der Waals surface area contributed by atoms with Crippen molar-refractivity contribution in [1.29, 1.82) is 0 Å². The smallest absolute Gasteiger partial charge is 0.0703 e. The summed E-state index contributed by atoms with van der Waals surface area (Å²) in [4.78, 5) is 0. The molecule has 0 radical (unpaired) electrons. The molecule has 0 aromatic rings. The van der Waals surface area contributed by atoms with Crippen LogP contribution in [0, 0.1) is 0 Å². The number of unbranched alkanes of at least 4 members (excludes halogenated alkanes) is 1. The third-order valence-corrected chi connectivity index (χ3v) is 7.02. The summed E-state index contributed by atoms with van der Waals surface area (Å²) in [5, 5.41) is 0. The molecule has 0 spiro atoms. The van der Waals surface area contributed by atoms with Gasteiger partial charge in [0.05, 0.1) is 138 Å². The quantitative estimate of drug-likeness (QED) is 0.0539. The summed E-state index contributed by atoms with van der Waals surface area (Å²) in [6.07, 6.45) is 9.03. The normalized spacial score (nSPS) is 10.7. The predicted octanol–water partition coefficient (Wildman–Crippen LogP) is 8.50. The molecule has 0 aliphatic heterocycles. The molecule has 0 heterocycles. The molecule has 0 rings (SSSR count). The maximum Gasteiger partial charge on any atom is 0.0703 e. The molecule has 0 unspecified atom stereocenters. The van der Waals surface area contributed by atoms with Crippen molar-refractivity contribution in [2.24, 2.45) is 0 Å². The van der Waals surface area contributed by atoms with E-state index in [1.807, 2.05) is 20.8 Å². The third-order valence-electron chi connectivity index (χ3n) is 7.02. The Morgan fingerprint density at radius 2 is 0.460 bits per heavy atom. The molecular formula is C48H106O15. The second-order valence-electron chi connectivity index (χ2n) is 13.8. The van der Waals surface area contributed by atoms with Gasteiger partial charge in [0.25, 0.3) is 0 Å². The topological polar surface area (TPSA) is 138 Å². The first-order valence-electron chi connectivity index (χ1n) is 24.5. The zero-order chi connectivity index (χ0) is 47.6. The first kappa shape index (κ1) is 71.4. The average Bonchev–Trinajstić information content (AvgIpc) is 3.29. The van der Waals surface area contributed by atoms with Crippen molar-refractivity contribution in [2.45, 2.75) is 127 Å². The van der Waals surface area contributed by atoms with Crippen molar-refractivity contribution in [2.75, 3.05) is 192 Å². The van der Waals surface area contributed by atoms with E-state index in [0.717, 1.165) is 97.8 Å². The Kier molecular flexibility index (Phi) is 89.0. The van der Waals surface area contributed by atoms with Crippen LogP contribution in [0.2, 0.25) is 0 Å². The van der Waals surface area contributed by atoms with E-state index in [0.29, 0.717) is 138 Å². The minimum absolute atomic E-state index is 0.292. The molecule has 0 aliphatic carbocycles. The lowest BCUT2D eigenvalue weighted by Crippen LogP contribution is -2.12. The molecule has 0 aliphatic rings. The molecule has 63 heavy (non-hydrogen) atoms. The second kappa shape index (κ2) is 78.6. The van der Waals surface area contributed by atoms with Gasteiger partial charge in [-0.05, 0) is 65.7 Å². The van der Waals surface area contributed by atoms with Crippen LogP contribution in [0.25, 0.3) is 0 Å². The molecule has 15 heteroatoms. The van der Waals surface area contributed by atoms with Gasteiger partial charge in [-0.2, -0.15) is 0 Å². The molecule has 0 aromatic heterocycles. The molecule has 0 saturated carbocycles. The number of hydrogen-bond acceptors (Lipinski definition) is 15. The molecular weight excluding hydrogens is 817 g/mol. The summed E-state index contributed by atoms with van der Waals surface area (Å²) in [5.41, 5.74) is 0. The van der Waals surface area contributed by atoms with E-state index in [1.165, 1.54) is 6.42 Å². The van der Waals surface area contributed by atoms with Gasteiger partial charge < -0.3 is 71.1 Å². The van der Waals surface area contributed by atoms with Gasteiger partial charge in [-0.15, -0.1) is 0 Å². The third kappa shape index (κ3) is 96.4. The molecule has 0 amide bonds. The van der Waals surface area contributed by atoms with Gasteiger partial charge in [-0.3, -0.25) is 0 Å². The summed E-state index contributed by atoms with van der Waals surface area (Å²) in [6, 6.07) is 0. The molecule has 0 N–H and O–H groups in total. The molecule has 0 aromatic carbocycles. The van der Waals surface area contributed by atoms with Gasteiger partial charge in [-0.25, -0.2) is 0 Å². The number of ether oxygens (including phenoxy) is 15. The first-order chi connectivity index (χ1) is 30.9. The fraction of sp³-hybridized carbons (Fsp3) is 1.00. The summed E-state index contributed by atoms with van der Waals surface area (Å²) in [7, 11) is 1.66. The highest BCUT2D eigenvalue weighted by molar-refractivity contribution is 4.39. The van der Waals surface area contributed by atoms with E-state index < -0.39 is 0 Å². The van der Waals surface area contributed by atoms with Crippen LogP contribution >= 0.6 is 0 Å². The SMILES string of the molecule is CCCCOCCOCCOCCC.CCCOCCOCCOC.CCCOCCOCCOC(C)C.CCCOCCOCCOCC.CCCOCCOCCOCCC. The first-order valence-corrected chi connectivity index (χ1v) is 24.5. The summed E-state index contributed by atoms with van der Waals surface area (Å²) >= 11 is 0. The van der Waals surface area contributed by atoms with Gasteiger partial charge >= 0.3 is 0 Å². The van der Waals surface area contributed by atoms with Crippen LogP contribution in [-0.4, -0.2) is 198 Å². The maximum absolute atomic E-state index is 5.34. The lowest BCUT2D eigenvalue weighted by atomic mass is 10.4. The maximum atomic E-state index is 5.34. The summed E-state index contributed by atoms with van der Waals surface area (Å²) in [5.74, 6) is 0. The van der Waals surface area contributed by atoms with E-state index in [-0.39, 0.29) is 0 Å². The number of methoxy groups -OCH3 is 1. The van der Waals surface area contributed by atoms with Crippen LogP contribution in [-0.2, 0) is 71.1 Å². The monoisotopic (exact) mass is 923 g/mol. The Bertz CT molecular complexity index is 629. The van der Waals surface area contributed by atoms with E-state index >= 15 is 0 Å². The van der Waals surface area contributed by atoms with Crippen LogP contribution < -0.4 is 0 Å². The number of hydrogen-bond donors (Lipinski definition) is 0. The molecule has 15 nitrogen and oxygen atoms in total. The van der Waals surface area contributed by atoms with E-state index in [4.69, 9.17) is 71.1 Å². The molecule has 0 fully saturated rings. The van der Waals surface area contributed by atoms with Gasteiger partial charge in [0, 0.05) is 60.0 Å². The minimum atomic E-state index is 0.292. The van der Waals surface area contributed by atoms with Crippen molar-refractivity contribution < 1.29 is 71.1 Å². The van der Waals surface area contributed by atoms with Gasteiger partial charge in [-0.1, -0.05) is 54.9 Å². The minimum Gasteiger partial charge on any atom is -0.382 e. The highest BCUT2D eigenvalue weighted by Gasteiger charge is 1.94. The Balaban J connectivity index is -0.000000223. The fourth-order valence-electron chi connectivity index (χ4n) is 3.91. The lowest BCUT2D eigenvalue weighted by Gasteiger charge is -2.08. The van der Waals surface area contributed by atoms with Crippen LogP contribution in [0.15, 0.2) is 0 Å². The molecule has 0 atom stereocenters. The molecule has 0 saturated heterocycles. The summed E-state index contributed by atoms with van der Waals surface area (Å²) < 4.78 is 78.2. The van der Waals surface area contributed by atoms with Crippen LogP contribution in [0.1, 0.15) is 121 Å². The van der Waals surface area contributed by atoms with Gasteiger partial charge in [0.15, 0.2) is 0 Å². The summed E-state index contributed by atoms with van der Waals surface area (Å²) in [6.45, 7) is 40.9. The fourth-order valence-corrected chi connectivity index (χ4v) is 3.91. The largest absolute Gasteiger partial charge is 0.382 e. The Hall–Kier alpha value is -0.600. The zero-order valence-corrected chi connectivity index (χ0v) is 43.2. The average molecular weight is 923 g/mol. The second-order valence-corrected chi connectivity index (χ2v) is 13.8. The number of rotatable bonds is 47. The van der Waals surface area contributed by atoms with Gasteiger partial charge in [0.1, 0.15) is 0 Å². The zero-order valence-electron chi connectivity index (χ0n) is 43.2. The van der Waals surface area contributed by atoms with E-state index in [1.54, 1.807) is 7.11 Å². The van der Waals surface area contributed by atoms with E-state index in [9.17, 15) is 0 Å². The van der Waals surface area contributed by atoms with Crippen LogP contribution in [0.3, 0.4) is 0 Å². The van der Waals surface area contributed by atoms with Crippen molar-refractivity contribution in [3.05, 3.63) is 0 Å². The van der Waals surface area contributed by atoms with Crippen molar-refractivity contribution in [1.82, 2.24) is 0 Å². The Morgan fingerprint density at radius 1 is 0.238 bits per heavy atom. The highest BCUT2D eigenvalue weighted by atomic mass is 16.6. The molecule has 388 valence electrons. The van der Waals surface area contributed by atoms with Crippen LogP contribution in [0.5, 0.6) is 0 Å². The molecule has 0 bridgehead atoms. The van der Waals surface area contributed by atoms with Crippen LogP contribution in [0.4, 0.5) is 0 Å². The lowest BCUT2D eigenvalue weighted by molar-refractivity contribution is -0.00135. The van der Waals surface area contributed by atoms with E-state index in [2.05, 4.69) is 48.5 Å². The highest BCUT2D eigenvalue weighted by Crippen LogP contribution is 1.90. The van der Waals surface area contributed by atoms with Crippen molar-refractivity contribution >= 4 is 0 Å². The van der Waals surface area contributed by atoms with Crippen molar-refractivity contribution in [3.63, 3.8) is 0 Å². The van der Waals surface area contributed by atoms with Gasteiger partial charge in [0.2, 0.25) is 0 Å². The van der Waals surface area contributed by atoms with Crippen molar-refractivity contribution in [3.8, 4) is 0 Å².